The lowest BCUT2D eigenvalue weighted by molar-refractivity contribution is 0.0997. The summed E-state index contributed by atoms with van der Waals surface area (Å²) in [7, 11) is 0. The topological polar surface area (TPSA) is 46.2 Å². The molecule has 0 aromatic heterocycles. The summed E-state index contributed by atoms with van der Waals surface area (Å²) in [6.07, 6.45) is 2.73. The zero-order chi connectivity index (χ0) is 7.98. The van der Waals surface area contributed by atoms with Gasteiger partial charge in [-0.2, -0.15) is 0 Å². The highest BCUT2D eigenvalue weighted by atomic mass is 16.3. The van der Waals surface area contributed by atoms with Crippen molar-refractivity contribution in [2.75, 3.05) is 6.54 Å². The average Bonchev–Trinajstić information content (AvgIpc) is 1.91. The number of hydrogen-bond donors (Lipinski definition) is 2. The van der Waals surface area contributed by atoms with E-state index in [1.807, 2.05) is 0 Å². The molecule has 0 saturated carbocycles. The molecular formula is C8H19NO. The van der Waals surface area contributed by atoms with Crippen molar-refractivity contribution in [3.05, 3.63) is 0 Å². The molecule has 10 heavy (non-hydrogen) atoms. The van der Waals surface area contributed by atoms with Crippen LogP contribution in [0.5, 0.6) is 0 Å². The van der Waals surface area contributed by atoms with E-state index in [1.165, 1.54) is 0 Å². The second-order valence-electron chi connectivity index (χ2n) is 2.76. The molecule has 62 valence electrons. The highest BCUT2D eigenvalue weighted by molar-refractivity contribution is 4.67. The molecule has 0 aromatic rings. The molecule has 2 heteroatoms. The van der Waals surface area contributed by atoms with Gasteiger partial charge < -0.3 is 10.8 Å². The summed E-state index contributed by atoms with van der Waals surface area (Å²) >= 11 is 0. The SMILES string of the molecule is CCCC(O)[C@@H](CC)CN. The Labute approximate surface area is 63.4 Å². The molecule has 0 aliphatic heterocycles. The first-order valence-electron chi connectivity index (χ1n) is 4.14. The van der Waals surface area contributed by atoms with Crippen LogP contribution >= 0.6 is 0 Å². The molecule has 0 heterocycles. The Bertz CT molecular complexity index is 71.7. The first-order chi connectivity index (χ1) is 4.76. The summed E-state index contributed by atoms with van der Waals surface area (Å²) < 4.78 is 0. The highest BCUT2D eigenvalue weighted by Crippen LogP contribution is 2.11. The molecule has 3 N–H and O–H groups in total. The van der Waals surface area contributed by atoms with Gasteiger partial charge in [0.15, 0.2) is 0 Å². The molecule has 0 spiro atoms. The Morgan fingerprint density at radius 3 is 2.30 bits per heavy atom. The third-order valence-corrected chi connectivity index (χ3v) is 1.96. The van der Waals surface area contributed by atoms with Crippen LogP contribution in [-0.4, -0.2) is 17.8 Å². The van der Waals surface area contributed by atoms with Crippen molar-refractivity contribution in [1.82, 2.24) is 0 Å². The molecule has 0 aliphatic carbocycles. The molecule has 1 unspecified atom stereocenters. The lowest BCUT2D eigenvalue weighted by Crippen LogP contribution is -2.26. The zero-order valence-electron chi connectivity index (χ0n) is 7.01. The van der Waals surface area contributed by atoms with Gasteiger partial charge in [0.1, 0.15) is 0 Å². The third kappa shape index (κ3) is 3.18. The van der Waals surface area contributed by atoms with E-state index < -0.39 is 0 Å². The maximum atomic E-state index is 9.43. The summed E-state index contributed by atoms with van der Waals surface area (Å²) in [4.78, 5) is 0. The van der Waals surface area contributed by atoms with Crippen molar-refractivity contribution in [1.29, 1.82) is 0 Å². The number of hydrogen-bond acceptors (Lipinski definition) is 2. The Hall–Kier alpha value is -0.0800. The summed E-state index contributed by atoms with van der Waals surface area (Å²) in [6.45, 7) is 4.75. The number of aliphatic hydroxyl groups is 1. The number of nitrogens with two attached hydrogens (primary N) is 1. The Balaban J connectivity index is 3.53. The Morgan fingerprint density at radius 2 is 2.00 bits per heavy atom. The van der Waals surface area contributed by atoms with E-state index in [9.17, 15) is 5.11 Å². The fourth-order valence-corrected chi connectivity index (χ4v) is 1.13. The van der Waals surface area contributed by atoms with Crippen LogP contribution in [0.25, 0.3) is 0 Å². The maximum absolute atomic E-state index is 9.43. The molecule has 0 bridgehead atoms. The smallest absolute Gasteiger partial charge is 0.0580 e. The highest BCUT2D eigenvalue weighted by Gasteiger charge is 2.13. The van der Waals surface area contributed by atoms with Gasteiger partial charge in [-0.25, -0.2) is 0 Å². The second kappa shape index (κ2) is 5.69. The van der Waals surface area contributed by atoms with E-state index in [4.69, 9.17) is 5.73 Å². The Morgan fingerprint density at radius 1 is 1.40 bits per heavy atom. The molecule has 2 atom stereocenters. The van der Waals surface area contributed by atoms with Crippen LogP contribution in [0.4, 0.5) is 0 Å². The van der Waals surface area contributed by atoms with Gasteiger partial charge >= 0.3 is 0 Å². The fourth-order valence-electron chi connectivity index (χ4n) is 1.13. The van der Waals surface area contributed by atoms with E-state index in [-0.39, 0.29) is 6.10 Å². The van der Waals surface area contributed by atoms with Crippen LogP contribution in [0.1, 0.15) is 33.1 Å². The van der Waals surface area contributed by atoms with E-state index >= 15 is 0 Å². The molecule has 0 aliphatic rings. The van der Waals surface area contributed by atoms with Crippen molar-refractivity contribution in [2.45, 2.75) is 39.2 Å². The van der Waals surface area contributed by atoms with Gasteiger partial charge in [-0.1, -0.05) is 20.3 Å². The minimum Gasteiger partial charge on any atom is -0.393 e. The van der Waals surface area contributed by atoms with E-state index in [1.54, 1.807) is 0 Å². The normalized spacial score (nSPS) is 16.8. The van der Waals surface area contributed by atoms with Crippen LogP contribution in [0.15, 0.2) is 0 Å². The van der Waals surface area contributed by atoms with Gasteiger partial charge in [-0.3, -0.25) is 0 Å². The summed E-state index contributed by atoms with van der Waals surface area (Å²) in [5.74, 6) is 0.306. The predicted molar refractivity (Wildman–Crippen MR) is 43.8 cm³/mol. The van der Waals surface area contributed by atoms with Crippen molar-refractivity contribution in [3.8, 4) is 0 Å². The van der Waals surface area contributed by atoms with Crippen LogP contribution in [0.2, 0.25) is 0 Å². The molecule has 0 amide bonds. The molecule has 0 saturated heterocycles. The van der Waals surface area contributed by atoms with Crippen molar-refractivity contribution < 1.29 is 5.11 Å². The zero-order valence-corrected chi connectivity index (χ0v) is 7.01. The molecular weight excluding hydrogens is 126 g/mol. The van der Waals surface area contributed by atoms with E-state index in [0.717, 1.165) is 19.3 Å². The predicted octanol–water partition coefficient (Wildman–Crippen LogP) is 1.13. The summed E-state index contributed by atoms with van der Waals surface area (Å²) in [5.41, 5.74) is 5.45. The molecule has 2 nitrogen and oxygen atoms in total. The minimum absolute atomic E-state index is 0.181. The van der Waals surface area contributed by atoms with Crippen molar-refractivity contribution >= 4 is 0 Å². The molecule has 0 radical (unpaired) electrons. The first-order valence-corrected chi connectivity index (χ1v) is 4.14. The first kappa shape index (κ1) is 9.92. The average molecular weight is 145 g/mol. The van der Waals surface area contributed by atoms with Gasteiger partial charge in [-0.15, -0.1) is 0 Å². The molecule has 0 fully saturated rings. The molecule has 0 aromatic carbocycles. The summed E-state index contributed by atoms with van der Waals surface area (Å²) in [6, 6.07) is 0. The summed E-state index contributed by atoms with van der Waals surface area (Å²) in [5, 5.41) is 9.43. The number of aliphatic hydroxyl groups excluding tert-OH is 1. The Kier molecular flexibility index (Phi) is 5.64. The largest absolute Gasteiger partial charge is 0.393 e. The quantitative estimate of drug-likeness (QED) is 0.609. The van der Waals surface area contributed by atoms with Crippen LogP contribution in [-0.2, 0) is 0 Å². The van der Waals surface area contributed by atoms with Crippen molar-refractivity contribution in [2.24, 2.45) is 11.7 Å². The van der Waals surface area contributed by atoms with Gasteiger partial charge in [0.25, 0.3) is 0 Å². The number of rotatable bonds is 5. The minimum atomic E-state index is -0.181. The van der Waals surface area contributed by atoms with E-state index in [0.29, 0.717) is 12.5 Å². The third-order valence-electron chi connectivity index (χ3n) is 1.96. The maximum Gasteiger partial charge on any atom is 0.0580 e. The van der Waals surface area contributed by atoms with Crippen LogP contribution in [0.3, 0.4) is 0 Å². The van der Waals surface area contributed by atoms with Crippen LogP contribution < -0.4 is 5.73 Å². The fraction of sp³-hybridized carbons (Fsp3) is 1.00. The van der Waals surface area contributed by atoms with Gasteiger partial charge in [0, 0.05) is 0 Å². The van der Waals surface area contributed by atoms with Crippen molar-refractivity contribution in [3.63, 3.8) is 0 Å². The standard InChI is InChI=1S/C8H19NO/c1-3-5-8(10)7(4-2)6-9/h7-8,10H,3-6,9H2,1-2H3/t7-,8?/m0/s1. The second-order valence-corrected chi connectivity index (χ2v) is 2.76. The lowest BCUT2D eigenvalue weighted by atomic mass is 9.96. The van der Waals surface area contributed by atoms with E-state index in [2.05, 4.69) is 13.8 Å². The van der Waals surface area contributed by atoms with Crippen LogP contribution in [0, 0.1) is 5.92 Å². The molecule has 0 rings (SSSR count). The lowest BCUT2D eigenvalue weighted by Gasteiger charge is -2.18. The van der Waals surface area contributed by atoms with Gasteiger partial charge in [-0.05, 0) is 25.3 Å². The monoisotopic (exact) mass is 145 g/mol. The van der Waals surface area contributed by atoms with Gasteiger partial charge in [0.2, 0.25) is 0 Å². The van der Waals surface area contributed by atoms with Gasteiger partial charge in [0.05, 0.1) is 6.10 Å².